The number of nitrogens with zero attached hydrogens (tertiary/aromatic N) is 6. The first kappa shape index (κ1) is 70.6. The minimum Gasteiger partial charge on any atom is -0.478 e. The van der Waals surface area contributed by atoms with Crippen molar-refractivity contribution in [1.82, 2.24) is 29.9 Å². The molecule has 8 rings (SSSR count). The molecule has 0 fully saturated rings. The van der Waals surface area contributed by atoms with E-state index >= 15 is 0 Å². The molecule has 6 aromatic heterocycles. The first-order valence-corrected chi connectivity index (χ1v) is 18.2. The largest absolute Gasteiger partial charge is 0.478 e. The van der Waals surface area contributed by atoms with Gasteiger partial charge in [0, 0.05) is 71.3 Å². The summed E-state index contributed by atoms with van der Waals surface area (Å²) in [6, 6.07) is 18.6. The third-order valence-electron chi connectivity index (χ3n) is 7.37. The fourth-order valence-corrected chi connectivity index (χ4v) is 5.13. The van der Waals surface area contributed by atoms with Crippen LogP contribution in [0.2, 0.25) is 0 Å². The van der Waals surface area contributed by atoms with Crippen LogP contribution >= 0.6 is 0 Å². The van der Waals surface area contributed by atoms with E-state index in [0.29, 0.717) is 45.0 Å². The van der Waals surface area contributed by atoms with Gasteiger partial charge in [0.1, 0.15) is 34.2 Å². The summed E-state index contributed by atoms with van der Waals surface area (Å²) in [4.78, 5) is 93.4. The third-order valence-corrected chi connectivity index (χ3v) is 7.37. The monoisotopic (exact) mass is 1080 g/mol. The minimum absolute atomic E-state index is 0. The Morgan fingerprint density at radius 3 is 0.691 bits per heavy atom. The van der Waals surface area contributed by atoms with Crippen molar-refractivity contribution >= 4 is 35.1 Å². The molecule has 0 aliphatic heterocycles. The molecule has 28 nitrogen and oxygen atoms in total. The number of pyridine rings is 6. The molecule has 0 aromatic carbocycles. The molecule has 368 valence electrons. The Morgan fingerprint density at radius 2 is 0.515 bits per heavy atom. The molecule has 0 bridgehead atoms. The predicted octanol–water partition coefficient (Wildman–Crippen LogP) is -9.88. The van der Waals surface area contributed by atoms with Crippen LogP contribution in [0.5, 0.6) is 0 Å². The van der Waals surface area contributed by atoms with E-state index in [0.717, 1.165) is 0 Å². The van der Waals surface area contributed by atoms with Gasteiger partial charge in [-0.25, -0.2) is 46.9 Å². The average molecular weight is 1080 g/mol. The Bertz CT molecular complexity index is 2340. The van der Waals surface area contributed by atoms with Crippen molar-refractivity contribution in [3.63, 3.8) is 0 Å². The van der Waals surface area contributed by atoms with Gasteiger partial charge in [-0.2, -0.15) is 0 Å². The molecule has 6 heterocycles. The summed E-state index contributed by atoms with van der Waals surface area (Å²) >= 11 is 0. The van der Waals surface area contributed by atoms with E-state index < -0.39 is 55.6 Å². The van der Waals surface area contributed by atoms with Gasteiger partial charge in [0.25, 0.3) is 0 Å². The third kappa shape index (κ3) is 19.1. The second-order valence-electron chi connectivity index (χ2n) is 11.1. The Hall–Kier alpha value is -6.42. The molecular weight excluding hydrogens is 1050 g/mol. The summed E-state index contributed by atoms with van der Waals surface area (Å²) in [6.45, 7) is 0. The van der Waals surface area contributed by atoms with Crippen molar-refractivity contribution in [1.29, 1.82) is 0 Å². The molecular formula is C36H32Cl2Mn2N6O22-2. The van der Waals surface area contributed by atoms with Crippen LogP contribution in [0.4, 0.5) is 0 Å². The van der Waals surface area contributed by atoms with Gasteiger partial charge in [-0.15, -0.1) is 20.5 Å². The molecule has 2 radical (unpaired) electrons. The molecule has 68 heavy (non-hydrogen) atoms. The van der Waals surface area contributed by atoms with Crippen molar-refractivity contribution in [3.8, 4) is 34.2 Å². The van der Waals surface area contributed by atoms with Crippen LogP contribution < -0.4 is 37.3 Å². The fourth-order valence-electron chi connectivity index (χ4n) is 5.13. The molecule has 0 saturated carbocycles. The standard InChI is InChI=1S/C12H8N2O4.2C12H6N2O2.2ClHO4.2Mn.6H2O/c15-11(16)7-3-1-5-13-9(7)10-8(12(17)18)4-2-6-14-10;2*15-11-7-3-1-5-13-9(7)10-8(12(11)16)4-2-6-14-10;2*2-1(3,4)5;;;;;;;;/h1-6H,(H,15,16)(H,17,18);2*1-6H;2*(H,2,3,4,5);;;6*1H2/p-2. The van der Waals surface area contributed by atoms with Gasteiger partial charge in [-0.3, -0.25) is 49.1 Å². The number of carboxylic acids is 2. The molecule has 0 amide bonds. The smallest absolute Gasteiger partial charge is 0.337 e. The first-order valence-electron chi connectivity index (χ1n) is 15.8. The fraction of sp³-hybridized carbons (Fsp3) is 0. The Morgan fingerprint density at radius 1 is 0.353 bits per heavy atom. The zero-order valence-corrected chi connectivity index (χ0v) is 37.1. The normalized spacial score (nSPS) is 10.6. The SMILES string of the molecule is O.O.O.O.O.O.O=C(O)c1cccnc1-c1ncccc1C(=O)O.O=C1C(=O)c2cccnc2-c2ncccc21.O=C1C(=O)c2cccnc2-c2ncccc21.[Mn].[Mn].[O-][Cl+3]([O-])([O-])[O-].[O-][Cl+3]([O-])([O-])[O-]. The molecule has 2 aliphatic carbocycles. The second-order valence-corrected chi connectivity index (χ2v) is 12.6. The van der Waals surface area contributed by atoms with Gasteiger partial charge in [0.15, 0.2) is 0 Å². The number of ketones is 4. The number of carbonyl (C=O) groups excluding carboxylic acids is 4. The van der Waals surface area contributed by atoms with Crippen LogP contribution in [0.3, 0.4) is 0 Å². The Kier molecular flexibility index (Phi) is 32.0. The number of hydrogen-bond acceptors (Lipinski definition) is 20. The van der Waals surface area contributed by atoms with Crippen LogP contribution in [0.15, 0.2) is 110 Å². The number of Topliss-reactive ketones (excluding diaryl/α,β-unsaturated/α-hetero) is 4. The number of aromatic carboxylic acids is 2. The van der Waals surface area contributed by atoms with E-state index in [2.05, 4.69) is 29.9 Å². The van der Waals surface area contributed by atoms with Gasteiger partial charge in [0.2, 0.25) is 23.1 Å². The topological polar surface area (TPSA) is 594 Å². The van der Waals surface area contributed by atoms with Crippen molar-refractivity contribution in [2.45, 2.75) is 0 Å². The molecule has 0 spiro atoms. The van der Waals surface area contributed by atoms with Crippen LogP contribution in [-0.4, -0.2) is 108 Å². The average Bonchev–Trinajstić information content (AvgIpc) is 3.21. The molecule has 0 saturated heterocycles. The summed E-state index contributed by atoms with van der Waals surface area (Å²) < 4.78 is 67.9. The molecule has 0 atom stereocenters. The van der Waals surface area contributed by atoms with Gasteiger partial charge >= 0.3 is 11.9 Å². The van der Waals surface area contributed by atoms with Gasteiger partial charge in [-0.1, -0.05) is 0 Å². The first-order chi connectivity index (χ1) is 28.2. The van der Waals surface area contributed by atoms with E-state index in [4.69, 9.17) is 47.5 Å². The van der Waals surface area contributed by atoms with E-state index in [-0.39, 0.29) is 89.5 Å². The van der Waals surface area contributed by atoms with Gasteiger partial charge in [-0.05, 0) is 72.8 Å². The van der Waals surface area contributed by atoms with Crippen molar-refractivity contribution in [2.24, 2.45) is 0 Å². The number of carbonyl (C=O) groups is 6. The maximum Gasteiger partial charge on any atom is 0.337 e. The Labute approximate surface area is 404 Å². The van der Waals surface area contributed by atoms with Crippen LogP contribution in [0, 0.1) is 20.5 Å². The maximum atomic E-state index is 11.8. The number of carboxylic acid groups (broad SMARTS) is 2. The van der Waals surface area contributed by atoms with Crippen LogP contribution in [0.1, 0.15) is 62.1 Å². The number of hydrogen-bond donors (Lipinski definition) is 2. The molecule has 6 aromatic rings. The summed E-state index contributed by atoms with van der Waals surface area (Å²) in [6.07, 6.45) is 9.12. The van der Waals surface area contributed by atoms with Crippen molar-refractivity contribution in [2.75, 3.05) is 0 Å². The van der Waals surface area contributed by atoms with Crippen LogP contribution in [-0.2, 0) is 34.1 Å². The maximum absolute atomic E-state index is 11.8. The second kappa shape index (κ2) is 30.8. The summed E-state index contributed by atoms with van der Waals surface area (Å²) in [5, 5.41) is 18.1. The number of aromatic nitrogens is 6. The predicted molar refractivity (Wildman–Crippen MR) is 195 cm³/mol. The molecule has 2 aliphatic rings. The zero-order valence-electron chi connectivity index (χ0n) is 33.2. The summed E-state index contributed by atoms with van der Waals surface area (Å²) in [7, 11) is -9.89. The quantitative estimate of drug-likeness (QED) is 0.123. The molecule has 0 unspecified atom stereocenters. The molecule has 14 N–H and O–H groups in total. The molecule has 32 heteroatoms. The van der Waals surface area contributed by atoms with Crippen molar-refractivity contribution in [3.05, 3.63) is 143 Å². The Balaban J connectivity index is -0.000000252. The van der Waals surface area contributed by atoms with Gasteiger partial charge in [0.05, 0.1) is 33.4 Å². The minimum atomic E-state index is -4.94. The van der Waals surface area contributed by atoms with E-state index in [1.807, 2.05) is 0 Å². The summed E-state index contributed by atoms with van der Waals surface area (Å²) in [5.41, 5.74) is 3.20. The number of rotatable bonds is 3. The van der Waals surface area contributed by atoms with Crippen LogP contribution in [0.25, 0.3) is 34.2 Å². The van der Waals surface area contributed by atoms with E-state index in [1.54, 1.807) is 73.3 Å². The van der Waals surface area contributed by atoms with E-state index in [1.165, 1.54) is 36.7 Å². The van der Waals surface area contributed by atoms with Gasteiger partial charge < -0.3 is 43.1 Å². The number of halogens is 2. The summed E-state index contributed by atoms with van der Waals surface area (Å²) in [5.74, 6) is -4.40. The van der Waals surface area contributed by atoms with Crippen molar-refractivity contribution < 1.29 is 164 Å². The number of fused-ring (bicyclic) bond motifs is 6. The zero-order chi connectivity index (χ0) is 44.4. The van der Waals surface area contributed by atoms with E-state index in [9.17, 15) is 28.8 Å².